The van der Waals surface area contributed by atoms with Gasteiger partial charge in [-0.25, -0.2) is 4.39 Å². The topological polar surface area (TPSA) is 38.0 Å². The summed E-state index contributed by atoms with van der Waals surface area (Å²) in [5.74, 6) is 6.00. The smallest absolute Gasteiger partial charge is 0.128 e. The molecule has 0 spiro atoms. The molecule has 2 atom stereocenters. The molecule has 0 saturated carbocycles. The van der Waals surface area contributed by atoms with Gasteiger partial charge in [0.15, 0.2) is 0 Å². The molecule has 0 fully saturated rings. The number of benzene rings is 1. The third kappa shape index (κ3) is 3.03. The van der Waals surface area contributed by atoms with Crippen LogP contribution in [0.25, 0.3) is 0 Å². The quantitative estimate of drug-likeness (QED) is 0.658. The van der Waals surface area contributed by atoms with Crippen molar-refractivity contribution in [2.75, 3.05) is 0 Å². The third-order valence-corrected chi connectivity index (χ3v) is 3.54. The lowest BCUT2D eigenvalue weighted by atomic mass is 9.86. The van der Waals surface area contributed by atoms with Crippen molar-refractivity contribution < 1.29 is 4.39 Å². The molecule has 0 amide bonds. The molecule has 16 heavy (non-hydrogen) atoms. The zero-order valence-electron chi connectivity index (χ0n) is 9.80. The van der Waals surface area contributed by atoms with Crippen molar-refractivity contribution in [3.05, 3.63) is 34.1 Å². The summed E-state index contributed by atoms with van der Waals surface area (Å²) in [4.78, 5) is 0. The van der Waals surface area contributed by atoms with E-state index in [0.717, 1.165) is 4.47 Å². The number of hydrazine groups is 1. The van der Waals surface area contributed by atoms with Crippen molar-refractivity contribution in [3.8, 4) is 0 Å². The van der Waals surface area contributed by atoms with Crippen LogP contribution in [-0.4, -0.2) is 0 Å². The minimum Gasteiger partial charge on any atom is -0.271 e. The molecule has 0 heterocycles. The van der Waals surface area contributed by atoms with Crippen molar-refractivity contribution in [2.24, 2.45) is 17.7 Å². The molecule has 1 aromatic carbocycles. The normalized spacial score (nSPS) is 15.2. The number of halogens is 2. The van der Waals surface area contributed by atoms with E-state index in [0.29, 0.717) is 11.5 Å². The van der Waals surface area contributed by atoms with Gasteiger partial charge in [-0.05, 0) is 30.0 Å². The van der Waals surface area contributed by atoms with Gasteiger partial charge < -0.3 is 0 Å². The Labute approximate surface area is 105 Å². The lowest BCUT2D eigenvalue weighted by molar-refractivity contribution is 0.299. The first-order chi connectivity index (χ1) is 7.47. The van der Waals surface area contributed by atoms with Crippen LogP contribution in [0.5, 0.6) is 0 Å². The molecule has 4 heteroatoms. The maximum Gasteiger partial charge on any atom is 0.128 e. The fraction of sp³-hybridized carbons (Fsp3) is 0.500. The Hall–Kier alpha value is -0.450. The highest BCUT2D eigenvalue weighted by molar-refractivity contribution is 9.10. The second kappa shape index (κ2) is 5.75. The van der Waals surface area contributed by atoms with Gasteiger partial charge in [0.1, 0.15) is 5.82 Å². The Morgan fingerprint density at radius 2 is 1.94 bits per heavy atom. The number of hydrogen-bond donors (Lipinski definition) is 2. The van der Waals surface area contributed by atoms with Crippen LogP contribution in [0.15, 0.2) is 22.7 Å². The molecule has 0 aromatic heterocycles. The molecule has 2 unspecified atom stereocenters. The van der Waals surface area contributed by atoms with Crippen LogP contribution >= 0.6 is 15.9 Å². The minimum atomic E-state index is -0.223. The monoisotopic (exact) mass is 288 g/mol. The summed E-state index contributed by atoms with van der Waals surface area (Å²) >= 11 is 3.34. The van der Waals surface area contributed by atoms with Crippen molar-refractivity contribution in [1.29, 1.82) is 0 Å². The van der Waals surface area contributed by atoms with Crippen LogP contribution in [-0.2, 0) is 0 Å². The predicted molar refractivity (Wildman–Crippen MR) is 68.2 cm³/mol. The summed E-state index contributed by atoms with van der Waals surface area (Å²) in [6.45, 7) is 6.27. The number of rotatable bonds is 4. The van der Waals surface area contributed by atoms with Gasteiger partial charge >= 0.3 is 0 Å². The number of nitrogens with one attached hydrogen (secondary N) is 1. The lowest BCUT2D eigenvalue weighted by Gasteiger charge is -2.27. The first-order valence-electron chi connectivity index (χ1n) is 5.38. The second-order valence-electron chi connectivity index (χ2n) is 4.41. The van der Waals surface area contributed by atoms with Crippen LogP contribution < -0.4 is 11.3 Å². The molecule has 0 aliphatic carbocycles. The van der Waals surface area contributed by atoms with Gasteiger partial charge in [0.25, 0.3) is 0 Å². The van der Waals surface area contributed by atoms with Gasteiger partial charge in [0.05, 0.1) is 6.04 Å². The number of nitrogens with two attached hydrogens (primary N) is 1. The Kier molecular flexibility index (Phi) is 4.89. The maximum absolute atomic E-state index is 13.7. The zero-order valence-corrected chi connectivity index (χ0v) is 11.4. The molecule has 0 radical (unpaired) electrons. The van der Waals surface area contributed by atoms with E-state index in [1.54, 1.807) is 12.1 Å². The summed E-state index contributed by atoms with van der Waals surface area (Å²) in [6, 6.07) is 4.75. The molecule has 90 valence electrons. The molecule has 0 bridgehead atoms. The van der Waals surface area contributed by atoms with Crippen molar-refractivity contribution in [1.82, 2.24) is 5.43 Å². The van der Waals surface area contributed by atoms with E-state index in [1.807, 2.05) is 0 Å². The van der Waals surface area contributed by atoms with Gasteiger partial charge in [-0.3, -0.25) is 11.3 Å². The third-order valence-electron chi connectivity index (χ3n) is 3.05. The van der Waals surface area contributed by atoms with Gasteiger partial charge in [-0.1, -0.05) is 36.7 Å². The lowest BCUT2D eigenvalue weighted by Crippen LogP contribution is -2.35. The highest BCUT2D eigenvalue weighted by Gasteiger charge is 2.23. The molecule has 1 rings (SSSR count). The summed E-state index contributed by atoms with van der Waals surface area (Å²) in [6.07, 6.45) is 0. The molecule has 2 nitrogen and oxygen atoms in total. The van der Waals surface area contributed by atoms with Crippen LogP contribution in [0.1, 0.15) is 32.4 Å². The average Bonchev–Trinajstić information content (AvgIpc) is 2.23. The van der Waals surface area contributed by atoms with Gasteiger partial charge in [0.2, 0.25) is 0 Å². The zero-order chi connectivity index (χ0) is 12.3. The standard InChI is InChI=1S/C12H18BrFN2/c1-7(2)8(3)12(16-15)10-6-9(13)4-5-11(10)14/h4-8,12,16H,15H2,1-3H3. The van der Waals surface area contributed by atoms with E-state index >= 15 is 0 Å². The molecule has 3 N–H and O–H groups in total. The van der Waals surface area contributed by atoms with E-state index in [1.165, 1.54) is 6.07 Å². The second-order valence-corrected chi connectivity index (χ2v) is 5.33. The molecule has 0 aliphatic heterocycles. The summed E-state index contributed by atoms with van der Waals surface area (Å²) in [7, 11) is 0. The predicted octanol–water partition coefficient (Wildman–Crippen LogP) is 3.38. The Morgan fingerprint density at radius 1 is 1.31 bits per heavy atom. The largest absolute Gasteiger partial charge is 0.271 e. The van der Waals surface area contributed by atoms with E-state index < -0.39 is 0 Å². The van der Waals surface area contributed by atoms with Crippen LogP contribution in [0.4, 0.5) is 4.39 Å². The molecular formula is C12H18BrFN2. The molecule has 1 aromatic rings. The maximum atomic E-state index is 13.7. The van der Waals surface area contributed by atoms with Crippen LogP contribution in [0.3, 0.4) is 0 Å². The van der Waals surface area contributed by atoms with Crippen LogP contribution in [0, 0.1) is 17.7 Å². The molecule has 0 aliphatic rings. The fourth-order valence-electron chi connectivity index (χ4n) is 1.66. The Morgan fingerprint density at radius 3 is 2.44 bits per heavy atom. The molecular weight excluding hydrogens is 271 g/mol. The van der Waals surface area contributed by atoms with Gasteiger partial charge in [-0.15, -0.1) is 0 Å². The summed E-state index contributed by atoms with van der Waals surface area (Å²) in [5, 5.41) is 0. The SMILES string of the molecule is CC(C)C(C)C(NN)c1cc(Br)ccc1F. The first-order valence-corrected chi connectivity index (χ1v) is 6.17. The van der Waals surface area contributed by atoms with E-state index in [-0.39, 0.29) is 17.8 Å². The van der Waals surface area contributed by atoms with E-state index in [4.69, 9.17) is 5.84 Å². The fourth-order valence-corrected chi connectivity index (χ4v) is 2.04. The summed E-state index contributed by atoms with van der Waals surface area (Å²) in [5.41, 5.74) is 3.32. The minimum absolute atomic E-state index is 0.169. The Balaban J connectivity index is 3.07. The van der Waals surface area contributed by atoms with Crippen LogP contribution in [0.2, 0.25) is 0 Å². The van der Waals surface area contributed by atoms with E-state index in [2.05, 4.69) is 42.1 Å². The van der Waals surface area contributed by atoms with Crippen molar-refractivity contribution >= 4 is 15.9 Å². The summed E-state index contributed by atoms with van der Waals surface area (Å²) < 4.78 is 14.6. The first kappa shape index (κ1) is 13.6. The highest BCUT2D eigenvalue weighted by Crippen LogP contribution is 2.30. The van der Waals surface area contributed by atoms with E-state index in [9.17, 15) is 4.39 Å². The van der Waals surface area contributed by atoms with Crippen molar-refractivity contribution in [3.63, 3.8) is 0 Å². The Bertz CT molecular complexity index is 355. The van der Waals surface area contributed by atoms with Gasteiger partial charge in [0, 0.05) is 10.0 Å². The highest BCUT2D eigenvalue weighted by atomic mass is 79.9. The average molecular weight is 289 g/mol. The number of hydrogen-bond acceptors (Lipinski definition) is 2. The molecule has 0 saturated heterocycles. The van der Waals surface area contributed by atoms with Crippen molar-refractivity contribution in [2.45, 2.75) is 26.8 Å². The van der Waals surface area contributed by atoms with Gasteiger partial charge in [-0.2, -0.15) is 0 Å².